The lowest BCUT2D eigenvalue weighted by molar-refractivity contribution is 0.0790. The molecule has 0 spiro atoms. The van der Waals surface area contributed by atoms with Gasteiger partial charge in [0.05, 0.1) is 4.47 Å². The van der Waals surface area contributed by atoms with E-state index in [1.165, 1.54) is 0 Å². The van der Waals surface area contributed by atoms with Crippen molar-refractivity contribution in [2.45, 2.75) is 26.0 Å². The summed E-state index contributed by atoms with van der Waals surface area (Å²) in [4.78, 5) is 14.2. The molecule has 23 heavy (non-hydrogen) atoms. The SMILES string of the molecule is Cc1cc(COc2ccc(C(=O)N3CCC(N)C3)cc2Br)no1. The van der Waals surface area contributed by atoms with Gasteiger partial charge in [0, 0.05) is 30.8 Å². The number of carbonyl (C=O) groups excluding carboxylic acids is 1. The zero-order valence-electron chi connectivity index (χ0n) is 12.8. The first-order chi connectivity index (χ1) is 11.0. The van der Waals surface area contributed by atoms with E-state index in [1.54, 1.807) is 23.1 Å². The molecule has 0 aliphatic carbocycles. The van der Waals surface area contributed by atoms with Crippen LogP contribution in [0.25, 0.3) is 0 Å². The second-order valence-electron chi connectivity index (χ2n) is 5.66. The Morgan fingerprint density at radius 2 is 2.35 bits per heavy atom. The Balaban J connectivity index is 1.66. The zero-order valence-corrected chi connectivity index (χ0v) is 14.4. The number of aryl methyl sites for hydroxylation is 1. The van der Waals surface area contributed by atoms with Crippen LogP contribution in [0.5, 0.6) is 5.75 Å². The van der Waals surface area contributed by atoms with E-state index in [4.69, 9.17) is 15.0 Å². The smallest absolute Gasteiger partial charge is 0.253 e. The van der Waals surface area contributed by atoms with E-state index in [0.29, 0.717) is 31.0 Å². The number of halogens is 1. The summed E-state index contributed by atoms with van der Waals surface area (Å²) in [5, 5.41) is 3.88. The second kappa shape index (κ2) is 6.72. The van der Waals surface area contributed by atoms with E-state index in [2.05, 4.69) is 21.1 Å². The van der Waals surface area contributed by atoms with E-state index in [1.807, 2.05) is 13.0 Å². The molecule has 1 fully saturated rings. The van der Waals surface area contributed by atoms with E-state index in [0.717, 1.165) is 22.3 Å². The highest BCUT2D eigenvalue weighted by Gasteiger charge is 2.24. The van der Waals surface area contributed by atoms with E-state index < -0.39 is 0 Å². The van der Waals surface area contributed by atoms with Gasteiger partial charge < -0.3 is 19.9 Å². The number of benzene rings is 1. The summed E-state index contributed by atoms with van der Waals surface area (Å²) in [5.41, 5.74) is 7.20. The third-order valence-electron chi connectivity index (χ3n) is 3.74. The number of nitrogens with two attached hydrogens (primary N) is 1. The maximum absolute atomic E-state index is 12.4. The fraction of sp³-hybridized carbons (Fsp3) is 0.375. The van der Waals surface area contributed by atoms with Crippen LogP contribution in [0.4, 0.5) is 0 Å². The van der Waals surface area contributed by atoms with Crippen molar-refractivity contribution in [1.29, 1.82) is 0 Å². The molecule has 1 aromatic carbocycles. The molecule has 2 aromatic rings. The number of hydrogen-bond donors (Lipinski definition) is 1. The van der Waals surface area contributed by atoms with Crippen molar-refractivity contribution < 1.29 is 14.1 Å². The molecule has 0 radical (unpaired) electrons. The van der Waals surface area contributed by atoms with Gasteiger partial charge in [-0.05, 0) is 47.5 Å². The lowest BCUT2D eigenvalue weighted by atomic mass is 10.2. The van der Waals surface area contributed by atoms with Crippen LogP contribution >= 0.6 is 15.9 Å². The minimum absolute atomic E-state index is 0.00248. The minimum Gasteiger partial charge on any atom is -0.486 e. The third-order valence-corrected chi connectivity index (χ3v) is 4.36. The number of carbonyl (C=O) groups is 1. The first-order valence-electron chi connectivity index (χ1n) is 7.42. The molecular weight excluding hydrogens is 362 g/mol. The topological polar surface area (TPSA) is 81.6 Å². The fourth-order valence-electron chi connectivity index (χ4n) is 2.54. The Hall–Kier alpha value is -1.86. The summed E-state index contributed by atoms with van der Waals surface area (Å²) >= 11 is 3.45. The molecule has 3 rings (SSSR count). The lowest BCUT2D eigenvalue weighted by Crippen LogP contribution is -2.31. The number of ether oxygens (including phenoxy) is 1. The minimum atomic E-state index is -0.00248. The van der Waals surface area contributed by atoms with Crippen LogP contribution in [0.15, 0.2) is 33.3 Å². The summed E-state index contributed by atoms with van der Waals surface area (Å²) in [7, 11) is 0. The van der Waals surface area contributed by atoms with Crippen molar-refractivity contribution in [2.75, 3.05) is 13.1 Å². The second-order valence-corrected chi connectivity index (χ2v) is 6.52. The van der Waals surface area contributed by atoms with Crippen LogP contribution in [0, 0.1) is 6.92 Å². The third kappa shape index (κ3) is 3.73. The van der Waals surface area contributed by atoms with Gasteiger partial charge in [0.15, 0.2) is 0 Å². The van der Waals surface area contributed by atoms with Crippen molar-refractivity contribution in [3.8, 4) is 5.75 Å². The average molecular weight is 380 g/mol. The summed E-state index contributed by atoms with van der Waals surface area (Å²) in [5.74, 6) is 1.39. The largest absolute Gasteiger partial charge is 0.486 e. The molecule has 1 aromatic heterocycles. The van der Waals surface area contributed by atoms with Crippen LogP contribution in [0.1, 0.15) is 28.2 Å². The molecule has 0 saturated carbocycles. The number of hydrogen-bond acceptors (Lipinski definition) is 5. The summed E-state index contributed by atoms with van der Waals surface area (Å²) in [6.45, 7) is 3.46. The Morgan fingerprint density at radius 1 is 1.52 bits per heavy atom. The Morgan fingerprint density at radius 3 is 2.96 bits per heavy atom. The molecule has 122 valence electrons. The highest BCUT2D eigenvalue weighted by atomic mass is 79.9. The first-order valence-corrected chi connectivity index (χ1v) is 8.21. The number of amides is 1. The standard InChI is InChI=1S/C16H18BrN3O3/c1-10-6-13(19-23-10)9-22-15-3-2-11(7-14(15)17)16(21)20-5-4-12(18)8-20/h2-3,6-7,12H,4-5,8-9,18H2,1H3. The first kappa shape index (κ1) is 16.0. The van der Waals surface area contributed by atoms with E-state index >= 15 is 0 Å². The number of rotatable bonds is 4. The zero-order chi connectivity index (χ0) is 16.4. The van der Waals surface area contributed by atoms with Gasteiger partial charge in [0.2, 0.25) is 0 Å². The van der Waals surface area contributed by atoms with Crippen LogP contribution in [-0.4, -0.2) is 35.1 Å². The summed E-state index contributed by atoms with van der Waals surface area (Å²) in [6.07, 6.45) is 0.852. The highest BCUT2D eigenvalue weighted by molar-refractivity contribution is 9.10. The van der Waals surface area contributed by atoms with Crippen molar-refractivity contribution in [3.05, 3.63) is 45.8 Å². The van der Waals surface area contributed by atoms with Crippen molar-refractivity contribution in [2.24, 2.45) is 5.73 Å². The van der Waals surface area contributed by atoms with Gasteiger partial charge >= 0.3 is 0 Å². The van der Waals surface area contributed by atoms with Crippen molar-refractivity contribution in [1.82, 2.24) is 10.1 Å². The molecule has 0 bridgehead atoms. The fourth-order valence-corrected chi connectivity index (χ4v) is 3.04. The van der Waals surface area contributed by atoms with Crippen LogP contribution < -0.4 is 10.5 Å². The van der Waals surface area contributed by atoms with Crippen LogP contribution in [0.3, 0.4) is 0 Å². The van der Waals surface area contributed by atoms with Gasteiger partial charge in [-0.2, -0.15) is 0 Å². The molecule has 1 amide bonds. The molecule has 1 atom stereocenters. The van der Waals surface area contributed by atoms with E-state index in [-0.39, 0.29) is 11.9 Å². The molecule has 1 saturated heterocycles. The number of aromatic nitrogens is 1. The molecule has 7 heteroatoms. The van der Waals surface area contributed by atoms with Gasteiger partial charge in [-0.3, -0.25) is 4.79 Å². The molecule has 1 unspecified atom stereocenters. The van der Waals surface area contributed by atoms with Crippen molar-refractivity contribution >= 4 is 21.8 Å². The monoisotopic (exact) mass is 379 g/mol. The van der Waals surface area contributed by atoms with Gasteiger partial charge in [-0.15, -0.1) is 0 Å². The van der Waals surface area contributed by atoms with E-state index in [9.17, 15) is 4.79 Å². The molecule has 2 heterocycles. The maximum atomic E-state index is 12.4. The highest BCUT2D eigenvalue weighted by Crippen LogP contribution is 2.27. The molecule has 1 aliphatic heterocycles. The maximum Gasteiger partial charge on any atom is 0.253 e. The molecular formula is C16H18BrN3O3. The normalized spacial score (nSPS) is 17.5. The summed E-state index contributed by atoms with van der Waals surface area (Å²) in [6, 6.07) is 7.22. The van der Waals surface area contributed by atoms with Crippen LogP contribution in [-0.2, 0) is 6.61 Å². The number of nitrogens with zero attached hydrogens (tertiary/aromatic N) is 2. The Bertz CT molecular complexity index is 716. The molecule has 6 nitrogen and oxygen atoms in total. The van der Waals surface area contributed by atoms with Gasteiger partial charge in [-0.1, -0.05) is 5.16 Å². The summed E-state index contributed by atoms with van der Waals surface area (Å²) < 4.78 is 11.4. The van der Waals surface area contributed by atoms with Gasteiger partial charge in [0.1, 0.15) is 23.8 Å². The van der Waals surface area contributed by atoms with Gasteiger partial charge in [-0.25, -0.2) is 0 Å². The van der Waals surface area contributed by atoms with Gasteiger partial charge in [0.25, 0.3) is 5.91 Å². The predicted molar refractivity (Wildman–Crippen MR) is 88.2 cm³/mol. The van der Waals surface area contributed by atoms with Crippen molar-refractivity contribution in [3.63, 3.8) is 0 Å². The lowest BCUT2D eigenvalue weighted by Gasteiger charge is -2.16. The number of likely N-dealkylation sites (tertiary alicyclic amines) is 1. The molecule has 1 aliphatic rings. The Labute approximate surface area is 142 Å². The quantitative estimate of drug-likeness (QED) is 0.882. The average Bonchev–Trinajstić information content (AvgIpc) is 3.14. The Kier molecular flexibility index (Phi) is 4.68. The van der Waals surface area contributed by atoms with Crippen LogP contribution in [0.2, 0.25) is 0 Å². The molecule has 2 N–H and O–H groups in total. The predicted octanol–water partition coefficient (Wildman–Crippen LogP) is 2.50.